The van der Waals surface area contributed by atoms with Crippen molar-refractivity contribution >= 4 is 19.7 Å². The molecule has 2 nitrogen and oxygen atoms in total. The quantitative estimate of drug-likeness (QED) is 0.524. The fourth-order valence-electron chi connectivity index (χ4n) is 3.39. The van der Waals surface area contributed by atoms with Gasteiger partial charge in [-0.25, -0.2) is 0 Å². The van der Waals surface area contributed by atoms with Crippen molar-refractivity contribution in [2.24, 2.45) is 0 Å². The van der Waals surface area contributed by atoms with E-state index < -0.39 is 13.5 Å². The van der Waals surface area contributed by atoms with E-state index in [0.717, 1.165) is 22.9 Å². The van der Waals surface area contributed by atoms with Gasteiger partial charge in [0.2, 0.25) is 5.91 Å². The highest BCUT2D eigenvalue weighted by atomic mass is 28.3. The van der Waals surface area contributed by atoms with Crippen molar-refractivity contribution in [2.75, 3.05) is 4.90 Å². The SMILES string of the molecule is CC1(/C=C/C[Si](C)(C)C)C(=O)N(Cc2ccccc2)c2ccccc21. The Hall–Kier alpha value is -2.13. The monoisotopic (exact) mass is 349 g/mol. The molecule has 1 heterocycles. The van der Waals surface area contributed by atoms with Crippen LogP contribution in [0.5, 0.6) is 0 Å². The van der Waals surface area contributed by atoms with E-state index in [0.29, 0.717) is 6.54 Å². The van der Waals surface area contributed by atoms with Crippen LogP contribution in [-0.4, -0.2) is 14.0 Å². The molecule has 0 aromatic heterocycles. The van der Waals surface area contributed by atoms with Crippen LogP contribution in [0, 0.1) is 0 Å². The van der Waals surface area contributed by atoms with Gasteiger partial charge in [-0.3, -0.25) is 4.79 Å². The highest BCUT2D eigenvalue weighted by Crippen LogP contribution is 2.43. The largest absolute Gasteiger partial charge is 0.307 e. The van der Waals surface area contributed by atoms with Crippen LogP contribution in [0.3, 0.4) is 0 Å². The van der Waals surface area contributed by atoms with Gasteiger partial charge in [0.15, 0.2) is 0 Å². The number of rotatable bonds is 5. The van der Waals surface area contributed by atoms with Gasteiger partial charge in [0.1, 0.15) is 0 Å². The van der Waals surface area contributed by atoms with E-state index in [4.69, 9.17) is 0 Å². The Morgan fingerprint density at radius 2 is 1.64 bits per heavy atom. The minimum absolute atomic E-state index is 0.171. The van der Waals surface area contributed by atoms with Crippen LogP contribution >= 0.6 is 0 Å². The molecule has 130 valence electrons. The molecule has 1 amide bonds. The maximum Gasteiger partial charge on any atom is 0.241 e. The third-order valence-electron chi connectivity index (χ3n) is 4.81. The summed E-state index contributed by atoms with van der Waals surface area (Å²) < 4.78 is 0. The zero-order valence-electron chi connectivity index (χ0n) is 15.6. The topological polar surface area (TPSA) is 20.3 Å². The molecule has 2 aromatic rings. The molecule has 3 heteroatoms. The van der Waals surface area contributed by atoms with Crippen LogP contribution in [0.2, 0.25) is 25.7 Å². The molecule has 1 aliphatic heterocycles. The molecule has 0 N–H and O–H groups in total. The summed E-state index contributed by atoms with van der Waals surface area (Å²) in [6.07, 6.45) is 4.37. The van der Waals surface area contributed by atoms with Gasteiger partial charge >= 0.3 is 0 Å². The van der Waals surface area contributed by atoms with E-state index in [1.54, 1.807) is 0 Å². The third kappa shape index (κ3) is 3.61. The fourth-order valence-corrected chi connectivity index (χ4v) is 4.21. The van der Waals surface area contributed by atoms with Crippen molar-refractivity contribution in [1.82, 2.24) is 0 Å². The summed E-state index contributed by atoms with van der Waals surface area (Å²) in [6, 6.07) is 19.5. The molecule has 3 rings (SSSR count). The maximum absolute atomic E-state index is 13.3. The second kappa shape index (κ2) is 6.64. The Morgan fingerprint density at radius 3 is 2.32 bits per heavy atom. The second-order valence-corrected chi connectivity index (χ2v) is 13.8. The number of anilines is 1. The zero-order valence-corrected chi connectivity index (χ0v) is 16.6. The lowest BCUT2D eigenvalue weighted by Crippen LogP contribution is -2.36. The molecule has 0 bridgehead atoms. The number of hydrogen-bond donors (Lipinski definition) is 0. The van der Waals surface area contributed by atoms with Crippen molar-refractivity contribution < 1.29 is 4.79 Å². The van der Waals surface area contributed by atoms with Crippen LogP contribution in [0.25, 0.3) is 0 Å². The van der Waals surface area contributed by atoms with E-state index in [2.05, 4.69) is 63.0 Å². The van der Waals surface area contributed by atoms with Crippen molar-refractivity contribution in [3.05, 3.63) is 77.9 Å². The van der Waals surface area contributed by atoms with Gasteiger partial charge < -0.3 is 4.90 Å². The molecular formula is C22H27NOSi. The summed E-state index contributed by atoms with van der Waals surface area (Å²) in [7, 11) is -1.17. The van der Waals surface area contributed by atoms with Crippen LogP contribution in [-0.2, 0) is 16.8 Å². The fraction of sp³-hybridized carbons (Fsp3) is 0.318. The van der Waals surface area contributed by atoms with Crippen molar-refractivity contribution in [3.8, 4) is 0 Å². The number of para-hydroxylation sites is 1. The first-order valence-electron chi connectivity index (χ1n) is 8.94. The number of carbonyl (C=O) groups excluding carboxylic acids is 1. The number of hydrogen-bond acceptors (Lipinski definition) is 1. The van der Waals surface area contributed by atoms with Crippen LogP contribution in [0.15, 0.2) is 66.7 Å². The third-order valence-corrected chi connectivity index (χ3v) is 6.27. The number of benzene rings is 2. The predicted molar refractivity (Wildman–Crippen MR) is 109 cm³/mol. The molecule has 0 spiro atoms. The summed E-state index contributed by atoms with van der Waals surface area (Å²) in [5.74, 6) is 0.171. The lowest BCUT2D eigenvalue weighted by molar-refractivity contribution is -0.121. The molecule has 0 saturated carbocycles. The molecule has 1 unspecified atom stereocenters. The number of fused-ring (bicyclic) bond motifs is 1. The van der Waals surface area contributed by atoms with Gasteiger partial charge in [0.05, 0.1) is 12.0 Å². The molecule has 0 fully saturated rings. The lowest BCUT2D eigenvalue weighted by Gasteiger charge is -2.22. The molecule has 1 aliphatic rings. The lowest BCUT2D eigenvalue weighted by atomic mass is 9.83. The van der Waals surface area contributed by atoms with Crippen LogP contribution in [0.1, 0.15) is 18.1 Å². The highest BCUT2D eigenvalue weighted by Gasteiger charge is 2.45. The van der Waals surface area contributed by atoms with Gasteiger partial charge in [-0.15, -0.1) is 0 Å². The normalized spacial score (nSPS) is 20.3. The molecule has 0 aliphatic carbocycles. The molecule has 25 heavy (non-hydrogen) atoms. The van der Waals surface area contributed by atoms with Gasteiger partial charge in [-0.2, -0.15) is 0 Å². The Morgan fingerprint density at radius 1 is 1.00 bits per heavy atom. The second-order valence-electron chi connectivity index (χ2n) is 8.26. The van der Waals surface area contributed by atoms with E-state index in [1.165, 1.54) is 0 Å². The Labute approximate surface area is 152 Å². The van der Waals surface area contributed by atoms with E-state index in [-0.39, 0.29) is 5.91 Å². The first-order chi connectivity index (χ1) is 11.8. The standard InChI is InChI=1S/C22H27NOSi/c1-22(15-10-16-25(2,3)4)19-13-8-9-14-20(19)23(21(22)24)17-18-11-6-5-7-12-18/h5-15H,16-17H2,1-4H3/b15-10+. The van der Waals surface area contributed by atoms with E-state index in [1.807, 2.05) is 35.2 Å². The zero-order chi connectivity index (χ0) is 18.1. The van der Waals surface area contributed by atoms with Gasteiger partial charge in [0.25, 0.3) is 0 Å². The Balaban J connectivity index is 1.95. The maximum atomic E-state index is 13.3. The first-order valence-corrected chi connectivity index (χ1v) is 12.7. The van der Waals surface area contributed by atoms with Crippen molar-refractivity contribution in [1.29, 1.82) is 0 Å². The van der Waals surface area contributed by atoms with E-state index >= 15 is 0 Å². The molecule has 0 saturated heterocycles. The summed E-state index contributed by atoms with van der Waals surface area (Å²) in [5, 5.41) is 0. The van der Waals surface area contributed by atoms with Gasteiger partial charge in [-0.1, -0.05) is 80.3 Å². The summed E-state index contributed by atoms with van der Waals surface area (Å²) in [4.78, 5) is 15.3. The van der Waals surface area contributed by atoms with Crippen molar-refractivity contribution in [2.45, 2.75) is 44.6 Å². The summed E-state index contributed by atoms with van der Waals surface area (Å²) >= 11 is 0. The predicted octanol–water partition coefficient (Wildman–Crippen LogP) is 5.39. The average Bonchev–Trinajstić information content (AvgIpc) is 2.77. The molecule has 0 radical (unpaired) electrons. The number of carbonyl (C=O) groups is 1. The smallest absolute Gasteiger partial charge is 0.241 e. The first kappa shape index (κ1) is 17.7. The highest BCUT2D eigenvalue weighted by molar-refractivity contribution is 6.76. The molecular weight excluding hydrogens is 322 g/mol. The summed E-state index contributed by atoms with van der Waals surface area (Å²) in [6.45, 7) is 9.73. The van der Waals surface area contributed by atoms with Crippen LogP contribution in [0.4, 0.5) is 5.69 Å². The molecule has 1 atom stereocenters. The van der Waals surface area contributed by atoms with Crippen LogP contribution < -0.4 is 4.90 Å². The molecule has 2 aromatic carbocycles. The Kier molecular flexibility index (Phi) is 4.70. The number of allylic oxidation sites excluding steroid dienone is 1. The van der Waals surface area contributed by atoms with E-state index in [9.17, 15) is 4.79 Å². The van der Waals surface area contributed by atoms with Gasteiger partial charge in [-0.05, 0) is 30.2 Å². The van der Waals surface area contributed by atoms with Crippen molar-refractivity contribution in [3.63, 3.8) is 0 Å². The average molecular weight is 350 g/mol. The number of amides is 1. The van der Waals surface area contributed by atoms with Gasteiger partial charge in [0, 0.05) is 13.8 Å². The summed E-state index contributed by atoms with van der Waals surface area (Å²) in [5.41, 5.74) is 2.74. The minimum atomic E-state index is -1.17. The Bertz CT molecular complexity index is 791. The number of nitrogens with zero attached hydrogens (tertiary/aromatic N) is 1. The minimum Gasteiger partial charge on any atom is -0.307 e.